The summed E-state index contributed by atoms with van der Waals surface area (Å²) in [6.45, 7) is 1.37. The minimum Gasteiger partial charge on any atom is -0.383 e. The number of carbonyl (C=O) groups is 1. The van der Waals surface area contributed by atoms with E-state index < -0.39 is 10.0 Å². The van der Waals surface area contributed by atoms with Crippen LogP contribution in [-0.2, 0) is 21.2 Å². The molecular weight excluding hydrogens is 358 g/mol. The van der Waals surface area contributed by atoms with Crippen LogP contribution < -0.4 is 15.8 Å². The molecule has 140 valence electrons. The van der Waals surface area contributed by atoms with Crippen molar-refractivity contribution in [3.63, 3.8) is 0 Å². The Hall–Kier alpha value is -2.56. The minimum atomic E-state index is -3.68. The molecule has 10 heteroatoms. The number of amides is 1. The number of aromatic nitrogens is 2. The van der Waals surface area contributed by atoms with Crippen molar-refractivity contribution >= 4 is 21.7 Å². The summed E-state index contributed by atoms with van der Waals surface area (Å²) in [6.07, 6.45) is 1.96. The molecule has 4 N–H and O–H groups in total. The van der Waals surface area contributed by atoms with Crippen molar-refractivity contribution in [1.29, 1.82) is 0 Å². The fourth-order valence-corrected chi connectivity index (χ4v) is 2.63. The first kappa shape index (κ1) is 19.8. The zero-order chi connectivity index (χ0) is 19.0. The number of methoxy groups -OCH3 is 1. The molecule has 0 aliphatic rings. The molecule has 2 aromatic rings. The van der Waals surface area contributed by atoms with Crippen molar-refractivity contribution in [2.45, 2.75) is 11.3 Å². The van der Waals surface area contributed by atoms with Crippen LogP contribution in [0, 0.1) is 0 Å². The molecule has 0 saturated carbocycles. The molecule has 0 aliphatic carbocycles. The number of benzene rings is 1. The maximum atomic E-state index is 11.9. The average molecular weight is 379 g/mol. The number of hydrogen-bond acceptors (Lipinski definition) is 7. The topological polar surface area (TPSA) is 136 Å². The Morgan fingerprint density at radius 1 is 1.19 bits per heavy atom. The van der Waals surface area contributed by atoms with Gasteiger partial charge < -0.3 is 15.4 Å². The van der Waals surface area contributed by atoms with Crippen molar-refractivity contribution in [1.82, 2.24) is 15.3 Å². The Balaban J connectivity index is 1.88. The summed E-state index contributed by atoms with van der Waals surface area (Å²) >= 11 is 0. The van der Waals surface area contributed by atoms with Gasteiger partial charge in [0.15, 0.2) is 0 Å². The monoisotopic (exact) mass is 379 g/mol. The molecule has 0 saturated heterocycles. The maximum Gasteiger partial charge on any atom is 0.270 e. The summed E-state index contributed by atoms with van der Waals surface area (Å²) < 4.78 is 27.3. The van der Waals surface area contributed by atoms with E-state index in [0.29, 0.717) is 31.9 Å². The number of rotatable bonds is 9. The molecule has 0 aliphatic heterocycles. The predicted molar refractivity (Wildman–Crippen MR) is 96.3 cm³/mol. The van der Waals surface area contributed by atoms with Gasteiger partial charge in [-0.25, -0.2) is 23.5 Å². The Kier molecular flexibility index (Phi) is 7.01. The van der Waals surface area contributed by atoms with Crippen molar-refractivity contribution in [2.24, 2.45) is 5.14 Å². The summed E-state index contributed by atoms with van der Waals surface area (Å²) in [6, 6.07) is 7.91. The van der Waals surface area contributed by atoms with Crippen LogP contribution in [0.15, 0.2) is 41.6 Å². The Labute approximate surface area is 152 Å². The highest BCUT2D eigenvalue weighted by atomic mass is 32.2. The van der Waals surface area contributed by atoms with E-state index in [2.05, 4.69) is 20.6 Å². The number of primary sulfonamides is 1. The standard InChI is InChI=1S/C16H21N5O4S/c1-25-9-8-19-16(22)14-10-15(21-11-20-14)18-7-6-12-2-4-13(5-3-12)26(17,23)24/h2-5,10-11H,6-9H2,1H3,(H,19,22)(H2,17,23,24)(H,18,20,21). The van der Waals surface area contributed by atoms with Gasteiger partial charge >= 0.3 is 0 Å². The normalized spacial score (nSPS) is 11.2. The molecule has 0 fully saturated rings. The molecule has 26 heavy (non-hydrogen) atoms. The second kappa shape index (κ2) is 9.22. The van der Waals surface area contributed by atoms with E-state index in [0.717, 1.165) is 5.56 Å². The predicted octanol–water partition coefficient (Wildman–Crippen LogP) is 0.155. The lowest BCUT2D eigenvalue weighted by molar-refractivity contribution is 0.0932. The second-order valence-corrected chi connectivity index (χ2v) is 6.96. The van der Waals surface area contributed by atoms with Crippen LogP contribution in [0.3, 0.4) is 0 Å². The van der Waals surface area contributed by atoms with Crippen LogP contribution in [-0.4, -0.2) is 51.1 Å². The number of hydrogen-bond donors (Lipinski definition) is 3. The van der Waals surface area contributed by atoms with Crippen LogP contribution in [0.2, 0.25) is 0 Å². The minimum absolute atomic E-state index is 0.0779. The summed E-state index contributed by atoms with van der Waals surface area (Å²) in [5, 5.41) is 10.9. The van der Waals surface area contributed by atoms with Crippen molar-refractivity contribution in [3.05, 3.63) is 47.9 Å². The van der Waals surface area contributed by atoms with Gasteiger partial charge in [-0.3, -0.25) is 4.79 Å². The van der Waals surface area contributed by atoms with E-state index in [1.165, 1.54) is 18.5 Å². The number of nitrogens with two attached hydrogens (primary N) is 1. The Bertz CT molecular complexity index is 840. The van der Waals surface area contributed by atoms with E-state index >= 15 is 0 Å². The highest BCUT2D eigenvalue weighted by Gasteiger charge is 2.09. The van der Waals surface area contributed by atoms with E-state index in [9.17, 15) is 13.2 Å². The molecule has 0 atom stereocenters. The van der Waals surface area contributed by atoms with E-state index in [1.54, 1.807) is 25.3 Å². The van der Waals surface area contributed by atoms with Gasteiger partial charge in [-0.1, -0.05) is 12.1 Å². The third-order valence-corrected chi connectivity index (χ3v) is 4.39. The van der Waals surface area contributed by atoms with Gasteiger partial charge in [-0.15, -0.1) is 0 Å². The highest BCUT2D eigenvalue weighted by Crippen LogP contribution is 2.10. The van der Waals surface area contributed by atoms with E-state index in [1.807, 2.05) is 0 Å². The van der Waals surface area contributed by atoms with Crippen LogP contribution >= 0.6 is 0 Å². The first-order chi connectivity index (χ1) is 12.4. The van der Waals surface area contributed by atoms with Crippen molar-refractivity contribution in [3.8, 4) is 0 Å². The molecule has 1 heterocycles. The summed E-state index contributed by atoms with van der Waals surface area (Å²) in [5.41, 5.74) is 1.20. The van der Waals surface area contributed by atoms with Gasteiger partial charge in [0.1, 0.15) is 17.8 Å². The largest absolute Gasteiger partial charge is 0.383 e. The third-order valence-electron chi connectivity index (χ3n) is 3.46. The van der Waals surface area contributed by atoms with Gasteiger partial charge in [-0.05, 0) is 24.1 Å². The molecule has 0 spiro atoms. The molecule has 0 radical (unpaired) electrons. The first-order valence-corrected chi connectivity index (χ1v) is 9.39. The molecule has 0 bridgehead atoms. The SMILES string of the molecule is COCCNC(=O)c1cc(NCCc2ccc(S(N)(=O)=O)cc2)ncn1. The molecule has 2 rings (SSSR count). The van der Waals surface area contributed by atoms with Crippen LogP contribution in [0.25, 0.3) is 0 Å². The number of ether oxygens (including phenoxy) is 1. The van der Waals surface area contributed by atoms with E-state index in [4.69, 9.17) is 9.88 Å². The first-order valence-electron chi connectivity index (χ1n) is 7.85. The quantitative estimate of drug-likeness (QED) is 0.528. The van der Waals surface area contributed by atoms with Crippen LogP contribution in [0.1, 0.15) is 16.1 Å². The fraction of sp³-hybridized carbons (Fsp3) is 0.312. The highest BCUT2D eigenvalue weighted by molar-refractivity contribution is 7.89. The average Bonchev–Trinajstić information content (AvgIpc) is 2.62. The van der Waals surface area contributed by atoms with Crippen LogP contribution in [0.5, 0.6) is 0 Å². The number of nitrogens with zero attached hydrogens (tertiary/aromatic N) is 2. The summed E-state index contributed by atoms with van der Waals surface area (Å²) in [7, 11) is -2.13. The summed E-state index contributed by atoms with van der Waals surface area (Å²) in [5.74, 6) is 0.226. The third kappa shape index (κ3) is 6.06. The van der Waals surface area contributed by atoms with Crippen LogP contribution in [0.4, 0.5) is 5.82 Å². The van der Waals surface area contributed by atoms with Gasteiger partial charge in [0.2, 0.25) is 10.0 Å². The zero-order valence-electron chi connectivity index (χ0n) is 14.3. The number of anilines is 1. The van der Waals surface area contributed by atoms with Crippen molar-refractivity contribution in [2.75, 3.05) is 32.1 Å². The molecule has 9 nitrogen and oxygen atoms in total. The lowest BCUT2D eigenvalue weighted by Gasteiger charge is -2.08. The van der Waals surface area contributed by atoms with Crippen molar-refractivity contribution < 1.29 is 17.9 Å². The van der Waals surface area contributed by atoms with Gasteiger partial charge in [-0.2, -0.15) is 0 Å². The molecular formula is C16H21N5O4S. The molecule has 1 aromatic heterocycles. The summed E-state index contributed by atoms with van der Waals surface area (Å²) in [4.78, 5) is 20.0. The molecule has 1 aromatic carbocycles. The van der Waals surface area contributed by atoms with Gasteiger partial charge in [0.25, 0.3) is 5.91 Å². The van der Waals surface area contributed by atoms with E-state index in [-0.39, 0.29) is 16.5 Å². The Morgan fingerprint density at radius 3 is 2.58 bits per heavy atom. The number of nitrogens with one attached hydrogen (secondary N) is 2. The fourth-order valence-electron chi connectivity index (χ4n) is 2.12. The number of sulfonamides is 1. The van der Waals surface area contributed by atoms with Gasteiger partial charge in [0, 0.05) is 26.3 Å². The van der Waals surface area contributed by atoms with Gasteiger partial charge in [0.05, 0.1) is 11.5 Å². The molecule has 0 unspecified atom stereocenters. The maximum absolute atomic E-state index is 11.9. The second-order valence-electron chi connectivity index (χ2n) is 5.40. The Morgan fingerprint density at radius 2 is 1.92 bits per heavy atom. The zero-order valence-corrected chi connectivity index (χ0v) is 15.1. The molecule has 1 amide bonds. The number of carbonyl (C=O) groups excluding carboxylic acids is 1. The lowest BCUT2D eigenvalue weighted by atomic mass is 10.1. The smallest absolute Gasteiger partial charge is 0.270 e. The lowest BCUT2D eigenvalue weighted by Crippen LogP contribution is -2.27.